The number of nitrogens with zero attached hydrogens (tertiary/aromatic N) is 4. The minimum atomic E-state index is -0.561. The fourth-order valence-electron chi connectivity index (χ4n) is 5.84. The monoisotopic (exact) mass is 535 g/mol. The topological polar surface area (TPSA) is 97.2 Å². The summed E-state index contributed by atoms with van der Waals surface area (Å²) in [6, 6.07) is 8.74. The lowest BCUT2D eigenvalue weighted by Gasteiger charge is -2.27. The number of rotatable bonds is 5. The largest absolute Gasteiger partial charge is 0.325 e. The third kappa shape index (κ3) is 3.67. The van der Waals surface area contributed by atoms with Crippen molar-refractivity contribution in [1.82, 2.24) is 19.7 Å². The van der Waals surface area contributed by atoms with Crippen LogP contribution in [-0.2, 0) is 29.0 Å². The van der Waals surface area contributed by atoms with Crippen molar-refractivity contribution in [2.24, 2.45) is 5.41 Å². The summed E-state index contributed by atoms with van der Waals surface area (Å²) in [6.07, 6.45) is 4.49. The van der Waals surface area contributed by atoms with Gasteiger partial charge in [0.15, 0.2) is 5.78 Å². The van der Waals surface area contributed by atoms with Crippen molar-refractivity contribution in [3.05, 3.63) is 51.8 Å². The van der Waals surface area contributed by atoms with Gasteiger partial charge in [-0.1, -0.05) is 41.1 Å². The van der Waals surface area contributed by atoms with E-state index in [1.54, 1.807) is 9.58 Å². The predicted molar refractivity (Wildman–Crippen MR) is 134 cm³/mol. The molecule has 0 unspecified atom stereocenters. The Kier molecular flexibility index (Phi) is 5.11. The number of fused-ring (bicyclic) bond motifs is 3. The Morgan fingerprint density at radius 2 is 2.00 bits per heavy atom. The normalized spacial score (nSPS) is 24.4. The molecule has 0 spiro atoms. The molecule has 2 aromatic heterocycles. The molecule has 180 valence electrons. The smallest absolute Gasteiger partial charge is 0.248 e. The number of Topliss-reactive ketones (excluding diaryl/α,β-unsaturated/α-hetero) is 1. The van der Waals surface area contributed by atoms with E-state index in [0.717, 1.165) is 46.8 Å². The molecule has 3 aromatic rings. The number of amides is 2. The maximum atomic E-state index is 13.6. The van der Waals surface area contributed by atoms with Crippen LogP contribution in [0.2, 0.25) is 0 Å². The summed E-state index contributed by atoms with van der Waals surface area (Å²) in [4.78, 5) is 45.4. The molecule has 0 radical (unpaired) electrons. The zero-order valence-electron chi connectivity index (χ0n) is 19.7. The van der Waals surface area contributed by atoms with Crippen LogP contribution in [0.1, 0.15) is 54.9 Å². The number of nitrogens with one attached hydrogen (secondary N) is 1. The number of aromatic nitrogens is 3. The maximum Gasteiger partial charge on any atom is 0.248 e. The molecule has 2 aliphatic carbocycles. The SMILES string of the molecule is CC(=O)c1nn(CC(=O)N2[C@H](C(=O)Nc3cc(Br)c4c(n3)CCC4)C[C@@]3(C)C[C@@H]23)c2ccccc12. The number of carbonyl (C=O) groups excluding carboxylic acids is 3. The van der Waals surface area contributed by atoms with E-state index in [1.165, 1.54) is 12.5 Å². The number of anilines is 1. The van der Waals surface area contributed by atoms with Gasteiger partial charge in [-0.05, 0) is 55.2 Å². The zero-order valence-corrected chi connectivity index (χ0v) is 21.3. The van der Waals surface area contributed by atoms with Crippen molar-refractivity contribution in [2.45, 2.75) is 64.6 Å². The number of carbonyl (C=O) groups is 3. The number of pyridine rings is 1. The molecule has 1 saturated carbocycles. The van der Waals surface area contributed by atoms with Crippen molar-refractivity contribution in [3.8, 4) is 0 Å². The van der Waals surface area contributed by atoms with Gasteiger partial charge in [0.05, 0.1) is 5.52 Å². The van der Waals surface area contributed by atoms with E-state index in [9.17, 15) is 14.4 Å². The van der Waals surface area contributed by atoms with Gasteiger partial charge in [-0.3, -0.25) is 19.1 Å². The number of hydrogen-bond donors (Lipinski definition) is 1. The van der Waals surface area contributed by atoms with Gasteiger partial charge in [0.1, 0.15) is 24.1 Å². The molecule has 35 heavy (non-hydrogen) atoms. The number of para-hydroxylation sites is 1. The lowest BCUT2D eigenvalue weighted by Crippen LogP contribution is -2.46. The number of piperidine rings is 1. The molecule has 3 atom stereocenters. The average Bonchev–Trinajstić information content (AvgIpc) is 3.18. The summed E-state index contributed by atoms with van der Waals surface area (Å²) in [7, 11) is 0. The molecule has 1 aliphatic heterocycles. The lowest BCUT2D eigenvalue weighted by atomic mass is 10.0. The van der Waals surface area contributed by atoms with Crippen molar-refractivity contribution in [1.29, 1.82) is 0 Å². The third-order valence-electron chi connectivity index (χ3n) is 7.75. The molecule has 1 N–H and O–H groups in total. The van der Waals surface area contributed by atoms with Crippen LogP contribution >= 0.6 is 15.9 Å². The third-order valence-corrected chi connectivity index (χ3v) is 8.46. The van der Waals surface area contributed by atoms with Gasteiger partial charge in [-0.15, -0.1) is 0 Å². The Morgan fingerprint density at radius 3 is 2.80 bits per heavy atom. The Hall–Kier alpha value is -3.07. The van der Waals surface area contributed by atoms with Crippen LogP contribution in [0, 0.1) is 5.41 Å². The summed E-state index contributed by atoms with van der Waals surface area (Å²) < 4.78 is 2.55. The van der Waals surface area contributed by atoms with Gasteiger partial charge in [0, 0.05) is 28.5 Å². The quantitative estimate of drug-likeness (QED) is 0.499. The van der Waals surface area contributed by atoms with E-state index in [2.05, 4.69) is 38.3 Å². The van der Waals surface area contributed by atoms with Gasteiger partial charge in [0.2, 0.25) is 11.8 Å². The van der Waals surface area contributed by atoms with Gasteiger partial charge in [-0.25, -0.2) is 4.98 Å². The molecular weight excluding hydrogens is 510 g/mol. The Bertz CT molecular complexity index is 1420. The van der Waals surface area contributed by atoms with Gasteiger partial charge in [0.25, 0.3) is 0 Å². The van der Waals surface area contributed by atoms with E-state index in [1.807, 2.05) is 30.3 Å². The average molecular weight is 536 g/mol. The summed E-state index contributed by atoms with van der Waals surface area (Å²) in [6.45, 7) is 3.59. The molecule has 6 rings (SSSR count). The van der Waals surface area contributed by atoms with Crippen LogP contribution in [0.25, 0.3) is 10.9 Å². The molecule has 9 heteroatoms. The highest BCUT2D eigenvalue weighted by Gasteiger charge is 2.64. The van der Waals surface area contributed by atoms with Crippen molar-refractivity contribution >= 4 is 50.2 Å². The second-order valence-electron chi connectivity index (χ2n) is 10.2. The van der Waals surface area contributed by atoms with Crippen molar-refractivity contribution < 1.29 is 14.4 Å². The Balaban J connectivity index is 1.25. The van der Waals surface area contributed by atoms with Gasteiger partial charge < -0.3 is 10.2 Å². The summed E-state index contributed by atoms with van der Waals surface area (Å²) in [5.41, 5.74) is 3.28. The highest BCUT2D eigenvalue weighted by Crippen LogP contribution is 2.59. The number of ketones is 1. The zero-order chi connectivity index (χ0) is 24.5. The fourth-order valence-corrected chi connectivity index (χ4v) is 6.49. The second kappa shape index (κ2) is 7.98. The van der Waals surface area contributed by atoms with Crippen LogP contribution in [-0.4, -0.2) is 49.3 Å². The lowest BCUT2D eigenvalue weighted by molar-refractivity contribution is -0.138. The minimum Gasteiger partial charge on any atom is -0.325 e. The molecule has 2 amide bonds. The molecule has 3 heterocycles. The highest BCUT2D eigenvalue weighted by atomic mass is 79.9. The molecular formula is C26H26BrN5O3. The molecule has 2 fully saturated rings. The Morgan fingerprint density at radius 1 is 1.20 bits per heavy atom. The van der Waals surface area contributed by atoms with Crippen molar-refractivity contribution in [3.63, 3.8) is 0 Å². The first-order valence-corrected chi connectivity index (χ1v) is 12.8. The first-order chi connectivity index (χ1) is 16.7. The Labute approximate surface area is 211 Å². The van der Waals surface area contributed by atoms with Crippen LogP contribution < -0.4 is 5.32 Å². The van der Waals surface area contributed by atoms with Gasteiger partial charge in [-0.2, -0.15) is 5.10 Å². The highest BCUT2D eigenvalue weighted by molar-refractivity contribution is 9.10. The first-order valence-electron chi connectivity index (χ1n) is 12.0. The summed E-state index contributed by atoms with van der Waals surface area (Å²) in [5, 5.41) is 8.14. The molecule has 3 aliphatic rings. The van der Waals surface area contributed by atoms with Crippen LogP contribution in [0.3, 0.4) is 0 Å². The van der Waals surface area contributed by atoms with Gasteiger partial charge >= 0.3 is 0 Å². The summed E-state index contributed by atoms with van der Waals surface area (Å²) >= 11 is 3.61. The predicted octanol–water partition coefficient (Wildman–Crippen LogP) is 3.90. The number of benzene rings is 1. The molecule has 8 nitrogen and oxygen atoms in total. The van der Waals surface area contributed by atoms with Crippen LogP contribution in [0.15, 0.2) is 34.8 Å². The maximum absolute atomic E-state index is 13.6. The van der Waals surface area contributed by atoms with E-state index >= 15 is 0 Å². The number of hydrogen-bond acceptors (Lipinski definition) is 5. The fraction of sp³-hybridized carbons (Fsp3) is 0.423. The van der Waals surface area contributed by atoms with Crippen LogP contribution in [0.4, 0.5) is 5.82 Å². The van der Waals surface area contributed by atoms with Crippen molar-refractivity contribution in [2.75, 3.05) is 5.32 Å². The van der Waals surface area contributed by atoms with E-state index in [4.69, 9.17) is 0 Å². The molecule has 0 bridgehead atoms. The molecule has 1 saturated heterocycles. The van der Waals surface area contributed by atoms with E-state index in [-0.39, 0.29) is 35.6 Å². The van der Waals surface area contributed by atoms with E-state index < -0.39 is 6.04 Å². The summed E-state index contributed by atoms with van der Waals surface area (Å²) in [5.74, 6) is 0.000107. The first kappa shape index (κ1) is 22.4. The molecule has 1 aromatic carbocycles. The standard InChI is InChI=1S/C26H26BrN5O3/c1-14(33)24-16-6-3-4-9-19(16)31(30-24)13-23(34)32-20(11-26(2)12-21(26)32)25(35)29-22-10-17(27)15-7-5-8-18(15)28-22/h3-4,6,9-10,20-21H,5,7-8,11-13H2,1-2H3,(H,28,29,35)/t20-,21+,26-/m0/s1. The number of halogens is 1. The van der Waals surface area contributed by atoms with Crippen LogP contribution in [0.5, 0.6) is 0 Å². The van der Waals surface area contributed by atoms with E-state index in [0.29, 0.717) is 17.9 Å². The minimum absolute atomic E-state index is 0.0210. The number of likely N-dealkylation sites (tertiary alicyclic amines) is 1. The second-order valence-corrected chi connectivity index (χ2v) is 11.1. The number of aryl methyl sites for hydroxylation is 1.